The predicted molar refractivity (Wildman–Crippen MR) is 32.7 cm³/mol. The zero-order valence-electron chi connectivity index (χ0n) is 4.72. The summed E-state index contributed by atoms with van der Waals surface area (Å²) in [6.07, 6.45) is 4.48. The third kappa shape index (κ3) is 0.572. The number of nitrogens with one attached hydrogen (secondary N) is 2. The summed E-state index contributed by atoms with van der Waals surface area (Å²) in [4.78, 5) is 0. The lowest BCUT2D eigenvalue weighted by Gasteiger charge is -2.21. The molecule has 0 spiro atoms. The van der Waals surface area contributed by atoms with Crippen molar-refractivity contribution in [3.63, 3.8) is 0 Å². The molecule has 1 saturated heterocycles. The Hall–Kier alpha value is -0.340. The number of hydrogen-bond donors (Lipinski definition) is 2. The highest BCUT2D eigenvalue weighted by molar-refractivity contribution is 5.12. The molecule has 0 aliphatic carbocycles. The Morgan fingerprint density at radius 1 is 1.12 bits per heavy atom. The molecule has 2 bridgehead atoms. The topological polar surface area (TPSA) is 24.1 Å². The van der Waals surface area contributed by atoms with Crippen molar-refractivity contribution in [2.45, 2.75) is 12.1 Å². The molecule has 8 heavy (non-hydrogen) atoms. The van der Waals surface area contributed by atoms with E-state index in [4.69, 9.17) is 0 Å². The van der Waals surface area contributed by atoms with E-state index in [2.05, 4.69) is 22.8 Å². The van der Waals surface area contributed by atoms with Gasteiger partial charge in [-0.3, -0.25) is 0 Å². The van der Waals surface area contributed by atoms with Crippen LogP contribution in [0.2, 0.25) is 0 Å². The van der Waals surface area contributed by atoms with Crippen molar-refractivity contribution < 1.29 is 0 Å². The first-order valence-corrected chi connectivity index (χ1v) is 3.10. The summed E-state index contributed by atoms with van der Waals surface area (Å²) in [5.41, 5.74) is 0. The Balaban J connectivity index is 2.13. The molecule has 0 saturated carbocycles. The molecule has 1 fully saturated rings. The Kier molecular flexibility index (Phi) is 0.889. The van der Waals surface area contributed by atoms with E-state index in [1.54, 1.807) is 0 Å². The van der Waals surface area contributed by atoms with Crippen LogP contribution < -0.4 is 10.6 Å². The normalized spacial score (nSPS) is 43.0. The van der Waals surface area contributed by atoms with E-state index in [-0.39, 0.29) is 0 Å². The molecule has 2 aliphatic rings. The van der Waals surface area contributed by atoms with E-state index in [0.717, 1.165) is 13.1 Å². The van der Waals surface area contributed by atoms with E-state index >= 15 is 0 Å². The molecular formula is C6H10N2. The van der Waals surface area contributed by atoms with Gasteiger partial charge in [-0.05, 0) is 0 Å². The van der Waals surface area contributed by atoms with Gasteiger partial charge in [-0.15, -0.1) is 0 Å². The van der Waals surface area contributed by atoms with Crippen LogP contribution >= 0.6 is 0 Å². The number of hydrogen-bond acceptors (Lipinski definition) is 2. The van der Waals surface area contributed by atoms with E-state index in [1.165, 1.54) is 0 Å². The molecule has 2 N–H and O–H groups in total. The minimum Gasteiger partial charge on any atom is -0.313 e. The molecule has 44 valence electrons. The van der Waals surface area contributed by atoms with Gasteiger partial charge in [0.2, 0.25) is 0 Å². The van der Waals surface area contributed by atoms with E-state index in [9.17, 15) is 0 Å². The third-order valence-corrected chi connectivity index (χ3v) is 1.73. The maximum atomic E-state index is 3.42. The first-order chi connectivity index (χ1) is 3.95. The minimum atomic E-state index is 0.619. The van der Waals surface area contributed by atoms with Gasteiger partial charge in [0.15, 0.2) is 0 Å². The highest BCUT2D eigenvalue weighted by atomic mass is 15.1. The lowest BCUT2D eigenvalue weighted by molar-refractivity contribution is 0.444. The van der Waals surface area contributed by atoms with Crippen molar-refractivity contribution in [3.05, 3.63) is 12.2 Å². The molecule has 2 aliphatic heterocycles. The first kappa shape index (κ1) is 4.53. The maximum Gasteiger partial charge on any atom is 0.0382 e. The lowest BCUT2D eigenvalue weighted by Crippen LogP contribution is -2.49. The smallest absolute Gasteiger partial charge is 0.0382 e. The van der Waals surface area contributed by atoms with Crippen LogP contribution in [0.5, 0.6) is 0 Å². The molecule has 2 atom stereocenters. The van der Waals surface area contributed by atoms with E-state index in [1.807, 2.05) is 0 Å². The number of fused-ring (bicyclic) bond motifs is 2. The summed E-state index contributed by atoms with van der Waals surface area (Å²) >= 11 is 0. The van der Waals surface area contributed by atoms with Gasteiger partial charge in [-0.1, -0.05) is 12.2 Å². The van der Waals surface area contributed by atoms with Crippen LogP contribution in [0, 0.1) is 0 Å². The van der Waals surface area contributed by atoms with Gasteiger partial charge in [0.05, 0.1) is 0 Å². The van der Waals surface area contributed by atoms with Crippen LogP contribution in [-0.2, 0) is 0 Å². The van der Waals surface area contributed by atoms with Gasteiger partial charge in [-0.2, -0.15) is 0 Å². The number of piperazine rings is 1. The van der Waals surface area contributed by atoms with Gasteiger partial charge in [-0.25, -0.2) is 0 Å². The molecule has 2 heteroatoms. The second kappa shape index (κ2) is 1.57. The molecule has 2 nitrogen and oxygen atoms in total. The van der Waals surface area contributed by atoms with Crippen LogP contribution in [0.1, 0.15) is 0 Å². The predicted octanol–water partition coefficient (Wildman–Crippen LogP) is -0.514. The van der Waals surface area contributed by atoms with Crippen LogP contribution in [0.15, 0.2) is 12.2 Å². The second-order valence-corrected chi connectivity index (χ2v) is 2.42. The molecule has 0 radical (unpaired) electrons. The van der Waals surface area contributed by atoms with Crippen LogP contribution in [-0.4, -0.2) is 25.2 Å². The Labute approximate surface area is 49.0 Å². The van der Waals surface area contributed by atoms with Gasteiger partial charge in [0.25, 0.3) is 0 Å². The average molecular weight is 110 g/mol. The molecule has 2 heterocycles. The van der Waals surface area contributed by atoms with E-state index < -0.39 is 0 Å². The molecule has 2 rings (SSSR count). The molecule has 0 aromatic rings. The summed E-state index contributed by atoms with van der Waals surface area (Å²) in [6, 6.07) is 1.24. The average Bonchev–Trinajstić information content (AvgIpc) is 2.12. The molecule has 0 aromatic heterocycles. The van der Waals surface area contributed by atoms with Gasteiger partial charge >= 0.3 is 0 Å². The number of rotatable bonds is 0. The highest BCUT2D eigenvalue weighted by Crippen LogP contribution is 2.04. The Morgan fingerprint density at radius 2 is 1.75 bits per heavy atom. The van der Waals surface area contributed by atoms with Crippen LogP contribution in [0.4, 0.5) is 0 Å². The fourth-order valence-electron chi connectivity index (χ4n) is 1.30. The summed E-state index contributed by atoms with van der Waals surface area (Å²) in [7, 11) is 0. The maximum absolute atomic E-state index is 3.42. The van der Waals surface area contributed by atoms with Crippen molar-refractivity contribution >= 4 is 0 Å². The van der Waals surface area contributed by atoms with Gasteiger partial charge in [0.1, 0.15) is 0 Å². The zero-order chi connectivity index (χ0) is 5.40. The Morgan fingerprint density at radius 3 is 2.25 bits per heavy atom. The summed E-state index contributed by atoms with van der Waals surface area (Å²) in [6.45, 7) is 2.21. The minimum absolute atomic E-state index is 0.619. The molecule has 2 unspecified atom stereocenters. The van der Waals surface area contributed by atoms with Crippen molar-refractivity contribution in [1.29, 1.82) is 0 Å². The molecular weight excluding hydrogens is 100 g/mol. The Bertz CT molecular complexity index is 108. The standard InChI is InChI=1S/C6H10N2/c1-2-6-4-7-3-5(1)8-6/h1-2,5-8H,3-4H2. The van der Waals surface area contributed by atoms with Crippen LogP contribution in [0.3, 0.4) is 0 Å². The third-order valence-electron chi connectivity index (χ3n) is 1.73. The summed E-state index contributed by atoms with van der Waals surface area (Å²) in [5, 5.41) is 6.74. The SMILES string of the molecule is C1=CC2CNCC1N2. The van der Waals surface area contributed by atoms with Crippen molar-refractivity contribution in [2.24, 2.45) is 0 Å². The summed E-state index contributed by atoms with van der Waals surface area (Å²) < 4.78 is 0. The van der Waals surface area contributed by atoms with Gasteiger partial charge in [0, 0.05) is 25.2 Å². The van der Waals surface area contributed by atoms with Crippen molar-refractivity contribution in [2.75, 3.05) is 13.1 Å². The fourth-order valence-corrected chi connectivity index (χ4v) is 1.30. The lowest BCUT2D eigenvalue weighted by atomic mass is 10.3. The van der Waals surface area contributed by atoms with Crippen LogP contribution in [0.25, 0.3) is 0 Å². The quantitative estimate of drug-likeness (QED) is 0.410. The molecule has 0 aromatic carbocycles. The van der Waals surface area contributed by atoms with Gasteiger partial charge < -0.3 is 10.6 Å². The monoisotopic (exact) mass is 110 g/mol. The van der Waals surface area contributed by atoms with Crippen molar-refractivity contribution in [1.82, 2.24) is 10.6 Å². The fraction of sp³-hybridized carbons (Fsp3) is 0.667. The first-order valence-electron chi connectivity index (χ1n) is 3.10. The zero-order valence-corrected chi connectivity index (χ0v) is 4.72. The highest BCUT2D eigenvalue weighted by Gasteiger charge is 2.20. The van der Waals surface area contributed by atoms with E-state index in [0.29, 0.717) is 12.1 Å². The summed E-state index contributed by atoms with van der Waals surface area (Å²) in [5.74, 6) is 0. The largest absolute Gasteiger partial charge is 0.313 e. The van der Waals surface area contributed by atoms with Crippen molar-refractivity contribution in [3.8, 4) is 0 Å². The molecule has 0 amide bonds. The second-order valence-electron chi connectivity index (χ2n) is 2.42.